The Kier molecular flexibility index (Phi) is 8.89. The zero-order valence-electron chi connectivity index (χ0n) is 15.4. The van der Waals surface area contributed by atoms with E-state index in [4.69, 9.17) is 9.47 Å². The molecular weight excluding hydrogens is 501 g/mol. The fraction of sp³-hybridized carbons (Fsp3) is 0.333. The number of benzene rings is 2. The summed E-state index contributed by atoms with van der Waals surface area (Å²) in [5, 5.41) is 0. The predicted molar refractivity (Wildman–Crippen MR) is 113 cm³/mol. The molecule has 0 saturated carbocycles. The Balaban J connectivity index is 2.12. The van der Waals surface area contributed by atoms with E-state index < -0.39 is 11.7 Å². The summed E-state index contributed by atoms with van der Waals surface area (Å²) in [5.74, 6) is 0.353. The first-order valence-electron chi connectivity index (χ1n) is 8.91. The third-order valence-electron chi connectivity index (χ3n) is 3.96. The molecule has 2 rings (SSSR count). The van der Waals surface area contributed by atoms with Crippen LogP contribution in [0.1, 0.15) is 37.3 Å². The van der Waals surface area contributed by atoms with Gasteiger partial charge in [-0.2, -0.15) is 13.2 Å². The number of ether oxygens (including phenoxy) is 2. The third kappa shape index (κ3) is 7.51. The van der Waals surface area contributed by atoms with Crippen molar-refractivity contribution in [2.75, 3.05) is 6.61 Å². The highest BCUT2D eigenvalue weighted by Crippen LogP contribution is 2.39. The van der Waals surface area contributed by atoms with Gasteiger partial charge in [-0.3, -0.25) is 0 Å². The molecule has 28 heavy (non-hydrogen) atoms. The summed E-state index contributed by atoms with van der Waals surface area (Å²) in [6, 6.07) is 11.1. The average Bonchev–Trinajstić information content (AvgIpc) is 2.63. The second-order valence-corrected chi connectivity index (χ2v) is 8.94. The van der Waals surface area contributed by atoms with Gasteiger partial charge in [0.1, 0.15) is 29.4 Å². The van der Waals surface area contributed by atoms with Gasteiger partial charge in [-0.25, -0.2) is 0 Å². The predicted octanol–water partition coefficient (Wildman–Crippen LogP) is 8.24. The highest BCUT2D eigenvalue weighted by atomic mass is 79.9. The maximum absolute atomic E-state index is 13.4. The number of unbranched alkanes of at least 4 members (excludes halogenated alkanes) is 2. The number of alkyl halides is 3. The molecule has 0 aliphatic carbocycles. The molecule has 0 saturated heterocycles. The molecule has 152 valence electrons. The van der Waals surface area contributed by atoms with Crippen LogP contribution in [0.25, 0.3) is 0 Å². The van der Waals surface area contributed by atoms with Gasteiger partial charge in [0.2, 0.25) is 0 Å². The lowest BCUT2D eigenvalue weighted by Crippen LogP contribution is -2.09. The van der Waals surface area contributed by atoms with Crippen molar-refractivity contribution >= 4 is 31.9 Å². The first-order valence-corrected chi connectivity index (χ1v) is 10.5. The minimum absolute atomic E-state index is 0.00535. The highest BCUT2D eigenvalue weighted by Gasteiger charge is 2.35. The van der Waals surface area contributed by atoms with Crippen LogP contribution in [0.5, 0.6) is 17.2 Å². The van der Waals surface area contributed by atoms with Gasteiger partial charge in [0.05, 0.1) is 3.39 Å². The molecule has 0 heterocycles. The van der Waals surface area contributed by atoms with Crippen molar-refractivity contribution in [3.05, 3.63) is 63.1 Å². The monoisotopic (exact) mass is 520 g/mol. The molecular formula is C21H21Br2F3O2. The minimum atomic E-state index is -4.55. The Morgan fingerprint density at radius 2 is 1.68 bits per heavy atom. The summed E-state index contributed by atoms with van der Waals surface area (Å²) in [5.41, 5.74) is 0.312. The standard InChI is InChI=1S/C21H21Br2F3O2/c1-2-3-4-5-15-6-8-16(9-7-15)28-17-10-11-19(27-13-12-20(22)23)18(14-17)21(24,25)26/h6-12,14H,2-5,13H2,1H3. The fourth-order valence-corrected chi connectivity index (χ4v) is 2.82. The molecule has 0 spiro atoms. The van der Waals surface area contributed by atoms with E-state index in [1.165, 1.54) is 24.1 Å². The van der Waals surface area contributed by atoms with Crippen LogP contribution in [0.3, 0.4) is 0 Å². The first kappa shape index (κ1) is 22.8. The molecule has 7 heteroatoms. The zero-order chi connectivity index (χ0) is 20.6. The molecule has 0 bridgehead atoms. The second-order valence-electron chi connectivity index (χ2n) is 6.16. The molecule has 0 amide bonds. The van der Waals surface area contributed by atoms with E-state index in [0.717, 1.165) is 25.3 Å². The molecule has 2 aromatic rings. The second kappa shape index (κ2) is 10.9. The van der Waals surface area contributed by atoms with Crippen molar-refractivity contribution in [3.63, 3.8) is 0 Å². The molecule has 0 N–H and O–H groups in total. The Morgan fingerprint density at radius 3 is 2.29 bits per heavy atom. The van der Waals surface area contributed by atoms with E-state index in [1.807, 2.05) is 12.1 Å². The lowest BCUT2D eigenvalue weighted by atomic mass is 10.1. The summed E-state index contributed by atoms with van der Waals surface area (Å²) >= 11 is 6.27. The van der Waals surface area contributed by atoms with Crippen LogP contribution in [-0.4, -0.2) is 6.61 Å². The van der Waals surface area contributed by atoms with Gasteiger partial charge >= 0.3 is 6.18 Å². The van der Waals surface area contributed by atoms with Crippen LogP contribution in [0, 0.1) is 0 Å². The van der Waals surface area contributed by atoms with Gasteiger partial charge in [-0.15, -0.1) is 0 Å². The van der Waals surface area contributed by atoms with Gasteiger partial charge in [-0.1, -0.05) is 31.9 Å². The lowest BCUT2D eigenvalue weighted by molar-refractivity contribution is -0.138. The zero-order valence-corrected chi connectivity index (χ0v) is 18.5. The van der Waals surface area contributed by atoms with Crippen LogP contribution < -0.4 is 9.47 Å². The Bertz CT molecular complexity index is 783. The van der Waals surface area contributed by atoms with Crippen LogP contribution in [-0.2, 0) is 12.6 Å². The smallest absolute Gasteiger partial charge is 0.420 e. The number of halogens is 5. The molecule has 0 fully saturated rings. The average molecular weight is 522 g/mol. The molecule has 2 nitrogen and oxygen atoms in total. The molecule has 0 unspecified atom stereocenters. The number of hydrogen-bond acceptors (Lipinski definition) is 2. The lowest BCUT2D eigenvalue weighted by Gasteiger charge is -2.15. The van der Waals surface area contributed by atoms with Crippen molar-refractivity contribution in [2.24, 2.45) is 0 Å². The van der Waals surface area contributed by atoms with Gasteiger partial charge < -0.3 is 9.47 Å². The summed E-state index contributed by atoms with van der Waals surface area (Å²) in [6.45, 7) is 2.15. The minimum Gasteiger partial charge on any atom is -0.489 e. The van der Waals surface area contributed by atoms with Crippen molar-refractivity contribution in [2.45, 2.75) is 38.8 Å². The summed E-state index contributed by atoms with van der Waals surface area (Å²) in [4.78, 5) is 0. The number of aryl methyl sites for hydroxylation is 1. The molecule has 0 aromatic heterocycles. The van der Waals surface area contributed by atoms with Crippen LogP contribution >= 0.6 is 31.9 Å². The van der Waals surface area contributed by atoms with Gasteiger partial charge in [-0.05, 0) is 86.7 Å². The highest BCUT2D eigenvalue weighted by molar-refractivity contribution is 9.28. The van der Waals surface area contributed by atoms with E-state index in [1.54, 1.807) is 18.2 Å². The molecule has 0 atom stereocenters. The van der Waals surface area contributed by atoms with Crippen molar-refractivity contribution in [1.29, 1.82) is 0 Å². The summed E-state index contributed by atoms with van der Waals surface area (Å²) < 4.78 is 51.6. The Morgan fingerprint density at radius 1 is 1.00 bits per heavy atom. The fourth-order valence-electron chi connectivity index (χ4n) is 2.55. The molecule has 0 aliphatic rings. The van der Waals surface area contributed by atoms with E-state index in [9.17, 15) is 13.2 Å². The van der Waals surface area contributed by atoms with Crippen LogP contribution in [0.4, 0.5) is 13.2 Å². The first-order chi connectivity index (χ1) is 13.3. The normalized spacial score (nSPS) is 11.2. The van der Waals surface area contributed by atoms with Gasteiger partial charge in [0, 0.05) is 0 Å². The van der Waals surface area contributed by atoms with Crippen molar-refractivity contribution in [3.8, 4) is 17.2 Å². The number of rotatable bonds is 9. The Labute approximate surface area is 180 Å². The molecule has 0 radical (unpaired) electrons. The maximum atomic E-state index is 13.4. The third-order valence-corrected chi connectivity index (χ3v) is 4.61. The van der Waals surface area contributed by atoms with E-state index >= 15 is 0 Å². The van der Waals surface area contributed by atoms with Crippen LogP contribution in [0.15, 0.2) is 51.9 Å². The van der Waals surface area contributed by atoms with Crippen molar-refractivity contribution < 1.29 is 22.6 Å². The topological polar surface area (TPSA) is 18.5 Å². The molecule has 0 aliphatic heterocycles. The number of hydrogen-bond donors (Lipinski definition) is 0. The van der Waals surface area contributed by atoms with E-state index in [-0.39, 0.29) is 18.1 Å². The van der Waals surface area contributed by atoms with Crippen LogP contribution in [0.2, 0.25) is 0 Å². The SMILES string of the molecule is CCCCCc1ccc(Oc2ccc(OCC=C(Br)Br)c(C(F)(F)F)c2)cc1. The quantitative estimate of drug-likeness (QED) is 0.309. The van der Waals surface area contributed by atoms with Gasteiger partial charge in [0.25, 0.3) is 0 Å². The van der Waals surface area contributed by atoms with Gasteiger partial charge in [0.15, 0.2) is 0 Å². The summed E-state index contributed by atoms with van der Waals surface area (Å²) in [6.07, 6.45) is 1.45. The van der Waals surface area contributed by atoms with Crippen molar-refractivity contribution in [1.82, 2.24) is 0 Å². The molecule has 2 aromatic carbocycles. The van der Waals surface area contributed by atoms with E-state index in [2.05, 4.69) is 38.8 Å². The summed E-state index contributed by atoms with van der Waals surface area (Å²) in [7, 11) is 0. The maximum Gasteiger partial charge on any atom is 0.420 e. The Hall–Kier alpha value is -1.47. The van der Waals surface area contributed by atoms with E-state index in [0.29, 0.717) is 9.14 Å². The largest absolute Gasteiger partial charge is 0.489 e.